The highest BCUT2D eigenvalue weighted by molar-refractivity contribution is 5.93. The zero-order chi connectivity index (χ0) is 17.2. The normalized spacial score (nSPS) is 10.8. The van der Waals surface area contributed by atoms with Gasteiger partial charge in [-0.2, -0.15) is 0 Å². The van der Waals surface area contributed by atoms with Crippen molar-refractivity contribution in [1.29, 1.82) is 0 Å². The molecule has 0 aliphatic heterocycles. The molecule has 0 spiro atoms. The van der Waals surface area contributed by atoms with Crippen LogP contribution in [0, 0.1) is 6.92 Å². The Labute approximate surface area is 145 Å². The van der Waals surface area contributed by atoms with Crippen molar-refractivity contribution in [1.82, 2.24) is 14.5 Å². The van der Waals surface area contributed by atoms with E-state index in [0.717, 1.165) is 39.4 Å². The first-order valence-corrected chi connectivity index (χ1v) is 8.04. The molecule has 4 rings (SSSR count). The van der Waals surface area contributed by atoms with E-state index in [2.05, 4.69) is 33.5 Å². The summed E-state index contributed by atoms with van der Waals surface area (Å²) in [5, 5.41) is 4.59. The summed E-state index contributed by atoms with van der Waals surface area (Å²) in [6.07, 6.45) is 5.43. The minimum absolute atomic E-state index is 0.781. The van der Waals surface area contributed by atoms with Gasteiger partial charge in [0, 0.05) is 47.0 Å². The maximum Gasteiger partial charge on any atom is 0.123 e. The smallest absolute Gasteiger partial charge is 0.123 e. The van der Waals surface area contributed by atoms with Crippen LogP contribution in [0.15, 0.2) is 67.3 Å². The number of benzene rings is 2. The molecule has 0 radical (unpaired) electrons. The van der Waals surface area contributed by atoms with Crippen LogP contribution in [0.5, 0.6) is 5.75 Å². The predicted molar refractivity (Wildman–Crippen MR) is 99.9 cm³/mol. The van der Waals surface area contributed by atoms with E-state index >= 15 is 0 Å². The van der Waals surface area contributed by atoms with Crippen LogP contribution in [-0.2, 0) is 0 Å². The molecule has 124 valence electrons. The van der Waals surface area contributed by atoms with Crippen molar-refractivity contribution in [3.05, 3.63) is 72.9 Å². The van der Waals surface area contributed by atoms with Crippen LogP contribution in [0.3, 0.4) is 0 Å². The fourth-order valence-corrected chi connectivity index (χ4v) is 2.90. The Morgan fingerprint density at radius 1 is 1.08 bits per heavy atom. The number of nitrogens with zero attached hydrogens (tertiary/aromatic N) is 3. The number of ether oxygens (including phenoxy) is 1. The third kappa shape index (κ3) is 3.04. The van der Waals surface area contributed by atoms with Gasteiger partial charge in [-0.1, -0.05) is 18.2 Å². The predicted octanol–water partition coefficient (Wildman–Crippen LogP) is 4.48. The number of hydrogen-bond donors (Lipinski definition) is 1. The minimum atomic E-state index is 0.781. The second kappa shape index (κ2) is 6.28. The summed E-state index contributed by atoms with van der Waals surface area (Å²) in [6, 6.07) is 16.2. The van der Waals surface area contributed by atoms with Gasteiger partial charge in [0.15, 0.2) is 0 Å². The van der Waals surface area contributed by atoms with Gasteiger partial charge in [-0.05, 0) is 25.1 Å². The molecule has 0 atom stereocenters. The Hall–Kier alpha value is -3.34. The number of methoxy groups -OCH3 is 1. The standard InChI is InChI=1S/C20H18N4O/c1-14-9-20(18-5-3-4-6-19(18)22-14)23-15-10-16(12-17(11-15)25-2)24-8-7-21-13-24/h3-13H,1-2H3,(H,22,23). The molecule has 0 saturated heterocycles. The number of pyridine rings is 1. The van der Waals surface area contributed by atoms with E-state index in [4.69, 9.17) is 4.74 Å². The van der Waals surface area contributed by atoms with Gasteiger partial charge in [0.25, 0.3) is 0 Å². The molecule has 0 fully saturated rings. The van der Waals surface area contributed by atoms with Crippen molar-refractivity contribution in [2.24, 2.45) is 0 Å². The van der Waals surface area contributed by atoms with Gasteiger partial charge in [0.05, 0.1) is 24.6 Å². The van der Waals surface area contributed by atoms with Crippen LogP contribution < -0.4 is 10.1 Å². The van der Waals surface area contributed by atoms with Crippen molar-refractivity contribution < 1.29 is 4.74 Å². The van der Waals surface area contributed by atoms with Crippen LogP contribution in [0.2, 0.25) is 0 Å². The van der Waals surface area contributed by atoms with E-state index in [1.807, 2.05) is 48.0 Å². The van der Waals surface area contributed by atoms with E-state index < -0.39 is 0 Å². The van der Waals surface area contributed by atoms with Gasteiger partial charge in [-0.25, -0.2) is 4.98 Å². The highest BCUT2D eigenvalue weighted by atomic mass is 16.5. The number of anilines is 2. The average molecular weight is 330 g/mol. The SMILES string of the molecule is COc1cc(Nc2cc(C)nc3ccccc23)cc(-n2ccnc2)c1. The summed E-state index contributed by atoms with van der Waals surface area (Å²) in [5.74, 6) is 0.781. The van der Waals surface area contributed by atoms with Crippen LogP contribution in [0.4, 0.5) is 11.4 Å². The molecule has 5 heteroatoms. The topological polar surface area (TPSA) is 52.0 Å². The van der Waals surface area contributed by atoms with Crippen molar-refractivity contribution in [2.75, 3.05) is 12.4 Å². The van der Waals surface area contributed by atoms with Crippen LogP contribution in [0.1, 0.15) is 5.69 Å². The van der Waals surface area contributed by atoms with Crippen LogP contribution in [-0.4, -0.2) is 21.6 Å². The first-order chi connectivity index (χ1) is 12.2. The number of rotatable bonds is 4. The van der Waals surface area contributed by atoms with E-state index in [0.29, 0.717) is 0 Å². The molecule has 0 aliphatic rings. The van der Waals surface area contributed by atoms with Gasteiger partial charge in [-0.15, -0.1) is 0 Å². The molecule has 0 bridgehead atoms. The van der Waals surface area contributed by atoms with Crippen molar-refractivity contribution in [2.45, 2.75) is 6.92 Å². The Bertz CT molecular complexity index is 1030. The second-order valence-corrected chi connectivity index (χ2v) is 5.84. The van der Waals surface area contributed by atoms with E-state index in [1.165, 1.54) is 0 Å². The fraction of sp³-hybridized carbons (Fsp3) is 0.100. The van der Waals surface area contributed by atoms with Gasteiger partial charge in [0.2, 0.25) is 0 Å². The lowest BCUT2D eigenvalue weighted by atomic mass is 10.1. The maximum atomic E-state index is 5.46. The van der Waals surface area contributed by atoms with Crippen molar-refractivity contribution >= 4 is 22.3 Å². The van der Waals surface area contributed by atoms with Gasteiger partial charge in [0.1, 0.15) is 5.75 Å². The number of aromatic nitrogens is 3. The summed E-state index contributed by atoms with van der Waals surface area (Å²) in [4.78, 5) is 8.71. The molecule has 0 saturated carbocycles. The highest BCUT2D eigenvalue weighted by Crippen LogP contribution is 2.30. The lowest BCUT2D eigenvalue weighted by Gasteiger charge is -2.14. The summed E-state index contributed by atoms with van der Waals surface area (Å²) in [6.45, 7) is 2.00. The molecule has 2 aromatic carbocycles. The first kappa shape index (κ1) is 15.2. The quantitative estimate of drug-likeness (QED) is 0.599. The molecular formula is C20H18N4O. The first-order valence-electron chi connectivity index (χ1n) is 8.04. The fourth-order valence-electron chi connectivity index (χ4n) is 2.90. The molecule has 0 amide bonds. The summed E-state index contributed by atoms with van der Waals surface area (Å²) >= 11 is 0. The Morgan fingerprint density at radius 3 is 2.76 bits per heavy atom. The van der Waals surface area contributed by atoms with Gasteiger partial charge in [-0.3, -0.25) is 4.98 Å². The van der Waals surface area contributed by atoms with Gasteiger partial charge < -0.3 is 14.6 Å². The lowest BCUT2D eigenvalue weighted by molar-refractivity contribution is 0.415. The Morgan fingerprint density at radius 2 is 1.96 bits per heavy atom. The number of fused-ring (bicyclic) bond motifs is 1. The Kier molecular flexibility index (Phi) is 3.82. The molecule has 5 nitrogen and oxygen atoms in total. The zero-order valence-corrected chi connectivity index (χ0v) is 14.1. The number of nitrogens with one attached hydrogen (secondary N) is 1. The lowest BCUT2D eigenvalue weighted by Crippen LogP contribution is -1.98. The molecule has 2 heterocycles. The molecule has 4 aromatic rings. The minimum Gasteiger partial charge on any atom is -0.497 e. The largest absolute Gasteiger partial charge is 0.497 e. The van der Waals surface area contributed by atoms with Crippen LogP contribution in [0.25, 0.3) is 16.6 Å². The highest BCUT2D eigenvalue weighted by Gasteiger charge is 2.07. The second-order valence-electron chi connectivity index (χ2n) is 5.84. The van der Waals surface area contributed by atoms with Gasteiger partial charge >= 0.3 is 0 Å². The molecule has 2 aromatic heterocycles. The number of imidazole rings is 1. The molecule has 1 N–H and O–H groups in total. The molecule has 0 aliphatic carbocycles. The number of aryl methyl sites for hydroxylation is 1. The monoisotopic (exact) mass is 330 g/mol. The Balaban J connectivity index is 1.80. The van der Waals surface area contributed by atoms with E-state index in [1.54, 1.807) is 19.6 Å². The van der Waals surface area contributed by atoms with E-state index in [-0.39, 0.29) is 0 Å². The summed E-state index contributed by atoms with van der Waals surface area (Å²) in [7, 11) is 1.67. The molecular weight excluding hydrogens is 312 g/mol. The van der Waals surface area contributed by atoms with E-state index in [9.17, 15) is 0 Å². The molecule has 25 heavy (non-hydrogen) atoms. The zero-order valence-electron chi connectivity index (χ0n) is 14.1. The third-order valence-corrected chi connectivity index (χ3v) is 4.05. The van der Waals surface area contributed by atoms with Crippen LogP contribution >= 0.6 is 0 Å². The molecule has 0 unspecified atom stereocenters. The summed E-state index contributed by atoms with van der Waals surface area (Å²) < 4.78 is 7.40. The van der Waals surface area contributed by atoms with Crippen molar-refractivity contribution in [3.8, 4) is 11.4 Å². The van der Waals surface area contributed by atoms with Crippen molar-refractivity contribution in [3.63, 3.8) is 0 Å². The third-order valence-electron chi connectivity index (χ3n) is 4.05. The maximum absolute atomic E-state index is 5.46. The average Bonchev–Trinajstić information content (AvgIpc) is 3.16. The summed E-state index contributed by atoms with van der Waals surface area (Å²) in [5.41, 5.74) is 4.89. The number of hydrogen-bond acceptors (Lipinski definition) is 4. The number of para-hydroxylation sites is 1.